The molecule has 2 nitrogen and oxygen atoms in total. The van der Waals surface area contributed by atoms with Crippen molar-refractivity contribution in [2.75, 3.05) is 6.61 Å². The van der Waals surface area contributed by atoms with Gasteiger partial charge >= 0.3 is 0 Å². The number of aliphatic hydroxyl groups is 1. The highest BCUT2D eigenvalue weighted by molar-refractivity contribution is 9.10. The molecule has 0 spiro atoms. The average Bonchev–Trinajstić information content (AvgIpc) is 2.31. The van der Waals surface area contributed by atoms with Gasteiger partial charge in [0.25, 0.3) is 0 Å². The van der Waals surface area contributed by atoms with Crippen LogP contribution in [-0.4, -0.2) is 17.8 Å². The van der Waals surface area contributed by atoms with Gasteiger partial charge in [-0.1, -0.05) is 41.9 Å². The summed E-state index contributed by atoms with van der Waals surface area (Å²) in [7, 11) is 0. The Morgan fingerprint density at radius 1 is 1.31 bits per heavy atom. The first-order valence-electron chi connectivity index (χ1n) is 5.83. The Morgan fingerprint density at radius 3 is 2.56 bits per heavy atom. The summed E-state index contributed by atoms with van der Waals surface area (Å²) in [5, 5.41) is 12.7. The van der Waals surface area contributed by atoms with Gasteiger partial charge in [-0.05, 0) is 30.5 Å². The van der Waals surface area contributed by atoms with E-state index in [0.717, 1.165) is 17.3 Å². The summed E-state index contributed by atoms with van der Waals surface area (Å²) in [6.45, 7) is 4.44. The number of nitrogens with one attached hydrogen (secondary N) is 1. The summed E-state index contributed by atoms with van der Waals surface area (Å²) in [5.41, 5.74) is 1.27. The summed E-state index contributed by atoms with van der Waals surface area (Å²) in [4.78, 5) is 0. The topological polar surface area (TPSA) is 32.3 Å². The molecular formula is C13H20BrNO. The highest BCUT2D eigenvalue weighted by Gasteiger charge is 2.13. The average molecular weight is 286 g/mol. The van der Waals surface area contributed by atoms with Gasteiger partial charge in [-0.3, -0.25) is 0 Å². The van der Waals surface area contributed by atoms with E-state index in [4.69, 9.17) is 0 Å². The van der Waals surface area contributed by atoms with Gasteiger partial charge in [0, 0.05) is 16.6 Å². The zero-order valence-electron chi connectivity index (χ0n) is 9.91. The number of aliphatic hydroxyl groups excluding tert-OH is 1. The second kappa shape index (κ2) is 7.05. The third kappa shape index (κ3) is 3.89. The van der Waals surface area contributed by atoms with E-state index in [1.54, 1.807) is 0 Å². The highest BCUT2D eigenvalue weighted by atomic mass is 79.9. The van der Waals surface area contributed by atoms with E-state index >= 15 is 0 Å². The van der Waals surface area contributed by atoms with Gasteiger partial charge in [0.05, 0.1) is 6.61 Å². The van der Waals surface area contributed by atoms with Crippen LogP contribution in [0.25, 0.3) is 0 Å². The first-order chi connectivity index (χ1) is 7.71. The normalized spacial score (nSPS) is 14.8. The number of halogens is 1. The molecule has 0 bridgehead atoms. The molecular weight excluding hydrogens is 266 g/mol. The Hall–Kier alpha value is -0.380. The molecule has 0 fully saturated rings. The molecule has 0 saturated carbocycles. The van der Waals surface area contributed by atoms with Crippen LogP contribution in [0.3, 0.4) is 0 Å². The van der Waals surface area contributed by atoms with Crippen LogP contribution < -0.4 is 5.32 Å². The standard InChI is InChI=1S/C13H20BrNO/c1-3-12(9-16)15-13(4-2)10-6-5-7-11(14)8-10/h5-8,12-13,15-16H,3-4,9H2,1-2H3. The van der Waals surface area contributed by atoms with E-state index in [-0.39, 0.29) is 12.6 Å². The molecule has 1 aromatic carbocycles. The zero-order valence-corrected chi connectivity index (χ0v) is 11.5. The van der Waals surface area contributed by atoms with E-state index in [9.17, 15) is 5.11 Å². The Labute approximate surface area is 106 Å². The van der Waals surface area contributed by atoms with Crippen LogP contribution in [0, 0.1) is 0 Å². The maximum absolute atomic E-state index is 9.20. The van der Waals surface area contributed by atoms with Crippen molar-refractivity contribution < 1.29 is 5.11 Å². The van der Waals surface area contributed by atoms with E-state index in [0.29, 0.717) is 6.04 Å². The first-order valence-corrected chi connectivity index (χ1v) is 6.62. The minimum Gasteiger partial charge on any atom is -0.395 e. The van der Waals surface area contributed by atoms with E-state index < -0.39 is 0 Å². The lowest BCUT2D eigenvalue weighted by molar-refractivity contribution is 0.226. The van der Waals surface area contributed by atoms with Gasteiger partial charge in [-0.25, -0.2) is 0 Å². The Balaban J connectivity index is 2.74. The molecule has 0 aromatic heterocycles. The summed E-state index contributed by atoms with van der Waals surface area (Å²) in [5.74, 6) is 0. The van der Waals surface area contributed by atoms with Crippen molar-refractivity contribution in [1.82, 2.24) is 5.32 Å². The summed E-state index contributed by atoms with van der Waals surface area (Å²) < 4.78 is 1.10. The molecule has 2 unspecified atom stereocenters. The molecule has 16 heavy (non-hydrogen) atoms. The molecule has 1 rings (SSSR count). The highest BCUT2D eigenvalue weighted by Crippen LogP contribution is 2.21. The van der Waals surface area contributed by atoms with E-state index in [2.05, 4.69) is 47.2 Å². The molecule has 2 N–H and O–H groups in total. The van der Waals surface area contributed by atoms with Crippen LogP contribution in [-0.2, 0) is 0 Å². The summed E-state index contributed by atoms with van der Waals surface area (Å²) in [6, 6.07) is 8.82. The van der Waals surface area contributed by atoms with Gasteiger partial charge in [-0.15, -0.1) is 0 Å². The maximum atomic E-state index is 9.20. The molecule has 0 radical (unpaired) electrons. The predicted molar refractivity (Wildman–Crippen MR) is 71.5 cm³/mol. The number of hydrogen-bond acceptors (Lipinski definition) is 2. The monoisotopic (exact) mass is 285 g/mol. The molecule has 0 aliphatic carbocycles. The predicted octanol–water partition coefficient (Wildman–Crippen LogP) is 3.26. The first kappa shape index (κ1) is 13.7. The quantitative estimate of drug-likeness (QED) is 0.841. The van der Waals surface area contributed by atoms with Crippen molar-refractivity contribution in [1.29, 1.82) is 0 Å². The van der Waals surface area contributed by atoms with Gasteiger partial charge in [0.15, 0.2) is 0 Å². The fourth-order valence-electron chi connectivity index (χ4n) is 1.76. The van der Waals surface area contributed by atoms with Crippen LogP contribution in [0.15, 0.2) is 28.7 Å². The largest absolute Gasteiger partial charge is 0.395 e. The van der Waals surface area contributed by atoms with Crippen LogP contribution in [0.1, 0.15) is 38.3 Å². The fraction of sp³-hybridized carbons (Fsp3) is 0.538. The molecule has 3 heteroatoms. The second-order valence-electron chi connectivity index (χ2n) is 3.97. The Kier molecular flexibility index (Phi) is 6.03. The number of rotatable bonds is 6. The molecule has 90 valence electrons. The van der Waals surface area contributed by atoms with Crippen molar-refractivity contribution in [3.05, 3.63) is 34.3 Å². The third-order valence-electron chi connectivity index (χ3n) is 2.81. The molecule has 0 aliphatic rings. The minimum absolute atomic E-state index is 0.184. The van der Waals surface area contributed by atoms with Crippen molar-refractivity contribution in [3.63, 3.8) is 0 Å². The Bertz CT molecular complexity index is 313. The number of benzene rings is 1. The second-order valence-corrected chi connectivity index (χ2v) is 4.89. The maximum Gasteiger partial charge on any atom is 0.0584 e. The van der Waals surface area contributed by atoms with E-state index in [1.807, 2.05) is 12.1 Å². The Morgan fingerprint density at radius 2 is 2.06 bits per heavy atom. The zero-order chi connectivity index (χ0) is 12.0. The summed E-state index contributed by atoms with van der Waals surface area (Å²) in [6.07, 6.45) is 1.97. The van der Waals surface area contributed by atoms with Crippen molar-refractivity contribution >= 4 is 15.9 Å². The molecule has 0 heterocycles. The number of hydrogen-bond donors (Lipinski definition) is 2. The molecule has 0 aliphatic heterocycles. The van der Waals surface area contributed by atoms with Crippen molar-refractivity contribution in [2.24, 2.45) is 0 Å². The van der Waals surface area contributed by atoms with Crippen LogP contribution in [0.2, 0.25) is 0 Å². The lowest BCUT2D eigenvalue weighted by Crippen LogP contribution is -2.34. The molecule has 1 aromatic rings. The lowest BCUT2D eigenvalue weighted by Gasteiger charge is -2.23. The molecule has 0 saturated heterocycles. The van der Waals surface area contributed by atoms with Crippen LogP contribution >= 0.6 is 15.9 Å². The lowest BCUT2D eigenvalue weighted by atomic mass is 10.0. The smallest absolute Gasteiger partial charge is 0.0584 e. The minimum atomic E-state index is 0.184. The molecule has 0 amide bonds. The van der Waals surface area contributed by atoms with Crippen molar-refractivity contribution in [2.45, 2.75) is 38.8 Å². The van der Waals surface area contributed by atoms with E-state index in [1.165, 1.54) is 5.56 Å². The van der Waals surface area contributed by atoms with Gasteiger partial charge in [0.2, 0.25) is 0 Å². The third-order valence-corrected chi connectivity index (χ3v) is 3.30. The SMILES string of the molecule is CCC(CO)NC(CC)c1cccc(Br)c1. The van der Waals surface area contributed by atoms with Gasteiger partial charge in [0.1, 0.15) is 0 Å². The van der Waals surface area contributed by atoms with Gasteiger partial charge in [-0.2, -0.15) is 0 Å². The van der Waals surface area contributed by atoms with Crippen LogP contribution in [0.5, 0.6) is 0 Å². The summed E-state index contributed by atoms with van der Waals surface area (Å²) >= 11 is 3.48. The molecule has 2 atom stereocenters. The van der Waals surface area contributed by atoms with Gasteiger partial charge < -0.3 is 10.4 Å². The fourth-order valence-corrected chi connectivity index (χ4v) is 2.17. The van der Waals surface area contributed by atoms with Crippen molar-refractivity contribution in [3.8, 4) is 0 Å². The van der Waals surface area contributed by atoms with Crippen LogP contribution in [0.4, 0.5) is 0 Å².